The second-order valence-electron chi connectivity index (χ2n) is 4.71. The Morgan fingerprint density at radius 2 is 1.89 bits per heavy atom. The number of halogens is 1. The van der Waals surface area contributed by atoms with Crippen LogP contribution in [0, 0.1) is 5.82 Å². The molecule has 0 aliphatic rings. The maximum absolute atomic E-state index is 12.7. The maximum Gasteiger partial charge on any atom is 0.260 e. The number of aliphatic hydroxyl groups is 1. The van der Waals surface area contributed by atoms with Crippen molar-refractivity contribution in [1.29, 1.82) is 0 Å². The Bertz CT molecular complexity index is 406. The van der Waals surface area contributed by atoms with Crippen molar-refractivity contribution in [3.05, 3.63) is 30.1 Å². The molecule has 0 bridgehead atoms. The average Bonchev–Trinajstić information content (AvgIpc) is 2.30. The van der Waals surface area contributed by atoms with Gasteiger partial charge in [-0.1, -0.05) is 0 Å². The number of hydrogen-bond donors (Lipinski definition) is 2. The first-order valence-corrected chi connectivity index (χ1v) is 6.29. The molecule has 1 rings (SSSR count). The summed E-state index contributed by atoms with van der Waals surface area (Å²) in [6.07, 6.45) is -0.666. The van der Waals surface area contributed by atoms with Crippen molar-refractivity contribution in [3.8, 4) is 5.75 Å². The number of carbonyl (C=O) groups excluding carboxylic acids is 1. The van der Waals surface area contributed by atoms with Gasteiger partial charge in [0.15, 0.2) is 6.10 Å². The molecule has 5 heteroatoms. The fourth-order valence-corrected chi connectivity index (χ4v) is 1.70. The molecule has 0 radical (unpaired) electrons. The van der Waals surface area contributed by atoms with Crippen LogP contribution in [0.5, 0.6) is 5.75 Å². The minimum absolute atomic E-state index is 0.133. The first-order chi connectivity index (χ1) is 8.88. The largest absolute Gasteiger partial charge is 0.481 e. The van der Waals surface area contributed by atoms with Crippen molar-refractivity contribution in [2.24, 2.45) is 0 Å². The highest BCUT2D eigenvalue weighted by Crippen LogP contribution is 2.13. The number of aliphatic hydroxyl groups excluding tert-OH is 1. The van der Waals surface area contributed by atoms with E-state index in [1.54, 1.807) is 13.8 Å². The van der Waals surface area contributed by atoms with Gasteiger partial charge in [0.2, 0.25) is 0 Å². The standard InChI is InChI=1S/C14H20FNO3/c1-9(8-10(2)17)16-14(18)11(3)19-13-6-4-12(15)5-7-13/h4-7,9-11,17H,8H2,1-3H3,(H,16,18). The molecule has 19 heavy (non-hydrogen) atoms. The van der Waals surface area contributed by atoms with E-state index in [0.717, 1.165) is 0 Å². The van der Waals surface area contributed by atoms with Gasteiger partial charge in [-0.3, -0.25) is 4.79 Å². The molecule has 3 unspecified atom stereocenters. The normalized spacial score (nSPS) is 15.4. The molecule has 2 N–H and O–H groups in total. The van der Waals surface area contributed by atoms with Gasteiger partial charge >= 0.3 is 0 Å². The van der Waals surface area contributed by atoms with Crippen molar-refractivity contribution in [2.45, 2.75) is 45.4 Å². The average molecular weight is 269 g/mol. The Morgan fingerprint density at radius 3 is 2.42 bits per heavy atom. The van der Waals surface area contributed by atoms with Crippen LogP contribution in [0.25, 0.3) is 0 Å². The van der Waals surface area contributed by atoms with Gasteiger partial charge < -0.3 is 15.2 Å². The summed E-state index contributed by atoms with van der Waals surface area (Å²) in [6.45, 7) is 5.10. The van der Waals surface area contributed by atoms with E-state index in [4.69, 9.17) is 4.74 Å². The number of amides is 1. The SMILES string of the molecule is CC(O)CC(C)NC(=O)C(C)Oc1ccc(F)cc1. The summed E-state index contributed by atoms with van der Waals surface area (Å²) in [7, 11) is 0. The topological polar surface area (TPSA) is 58.6 Å². The molecule has 1 aromatic carbocycles. The second kappa shape index (κ2) is 7.09. The highest BCUT2D eigenvalue weighted by atomic mass is 19.1. The van der Waals surface area contributed by atoms with Crippen LogP contribution in [0.4, 0.5) is 4.39 Å². The van der Waals surface area contributed by atoms with Crippen LogP contribution in [0.15, 0.2) is 24.3 Å². The van der Waals surface area contributed by atoms with Gasteiger partial charge in [0.05, 0.1) is 6.10 Å². The molecular formula is C14H20FNO3. The van der Waals surface area contributed by atoms with E-state index in [-0.39, 0.29) is 17.8 Å². The summed E-state index contributed by atoms with van der Waals surface area (Å²) < 4.78 is 18.1. The van der Waals surface area contributed by atoms with E-state index in [1.165, 1.54) is 24.3 Å². The highest BCUT2D eigenvalue weighted by Gasteiger charge is 2.17. The number of hydrogen-bond acceptors (Lipinski definition) is 3. The predicted molar refractivity (Wildman–Crippen MR) is 70.4 cm³/mol. The molecule has 0 aromatic heterocycles. The van der Waals surface area contributed by atoms with Gasteiger partial charge in [-0.15, -0.1) is 0 Å². The highest BCUT2D eigenvalue weighted by molar-refractivity contribution is 5.80. The van der Waals surface area contributed by atoms with E-state index in [0.29, 0.717) is 12.2 Å². The van der Waals surface area contributed by atoms with Crippen LogP contribution in [0.3, 0.4) is 0 Å². The molecule has 1 aromatic rings. The number of ether oxygens (including phenoxy) is 1. The Morgan fingerprint density at radius 1 is 1.32 bits per heavy atom. The molecule has 0 heterocycles. The monoisotopic (exact) mass is 269 g/mol. The van der Waals surface area contributed by atoms with E-state index in [1.807, 2.05) is 6.92 Å². The van der Waals surface area contributed by atoms with Gasteiger partial charge in [-0.05, 0) is 51.5 Å². The van der Waals surface area contributed by atoms with Crippen LogP contribution in [-0.4, -0.2) is 29.3 Å². The third kappa shape index (κ3) is 5.70. The summed E-state index contributed by atoms with van der Waals surface area (Å²) in [5.41, 5.74) is 0. The molecule has 0 saturated heterocycles. The zero-order chi connectivity index (χ0) is 14.4. The van der Waals surface area contributed by atoms with Gasteiger partial charge in [0, 0.05) is 6.04 Å². The molecular weight excluding hydrogens is 249 g/mol. The summed E-state index contributed by atoms with van der Waals surface area (Å²) in [5, 5.41) is 12.0. The van der Waals surface area contributed by atoms with Crippen LogP contribution in [0.1, 0.15) is 27.2 Å². The van der Waals surface area contributed by atoms with E-state index >= 15 is 0 Å². The lowest BCUT2D eigenvalue weighted by atomic mass is 10.1. The Kier molecular flexibility index (Phi) is 5.76. The maximum atomic E-state index is 12.7. The lowest BCUT2D eigenvalue weighted by molar-refractivity contribution is -0.128. The van der Waals surface area contributed by atoms with Crippen LogP contribution in [-0.2, 0) is 4.79 Å². The molecule has 3 atom stereocenters. The fraction of sp³-hybridized carbons (Fsp3) is 0.500. The minimum atomic E-state index is -0.679. The van der Waals surface area contributed by atoms with Gasteiger partial charge in [-0.25, -0.2) is 4.39 Å². The minimum Gasteiger partial charge on any atom is -0.481 e. The summed E-state index contributed by atoms with van der Waals surface area (Å²) in [4.78, 5) is 11.8. The Hall–Kier alpha value is -1.62. The van der Waals surface area contributed by atoms with Crippen molar-refractivity contribution in [2.75, 3.05) is 0 Å². The van der Waals surface area contributed by atoms with E-state index in [9.17, 15) is 14.3 Å². The molecule has 0 fully saturated rings. The lowest BCUT2D eigenvalue weighted by Gasteiger charge is -2.19. The number of carbonyl (C=O) groups is 1. The van der Waals surface area contributed by atoms with Gasteiger partial charge in [-0.2, -0.15) is 0 Å². The van der Waals surface area contributed by atoms with E-state index < -0.39 is 12.2 Å². The summed E-state index contributed by atoms with van der Waals surface area (Å²) in [6, 6.07) is 5.36. The van der Waals surface area contributed by atoms with Crippen LogP contribution < -0.4 is 10.1 Å². The number of nitrogens with one attached hydrogen (secondary N) is 1. The molecule has 0 saturated carbocycles. The third-order valence-corrected chi connectivity index (χ3v) is 2.58. The zero-order valence-electron chi connectivity index (χ0n) is 11.4. The first kappa shape index (κ1) is 15.4. The Balaban J connectivity index is 2.46. The smallest absolute Gasteiger partial charge is 0.260 e. The summed E-state index contributed by atoms with van der Waals surface area (Å²) >= 11 is 0. The summed E-state index contributed by atoms with van der Waals surface area (Å²) in [5.74, 6) is -0.181. The van der Waals surface area contributed by atoms with Crippen LogP contribution in [0.2, 0.25) is 0 Å². The van der Waals surface area contributed by atoms with E-state index in [2.05, 4.69) is 5.32 Å². The third-order valence-electron chi connectivity index (χ3n) is 2.58. The van der Waals surface area contributed by atoms with Crippen molar-refractivity contribution >= 4 is 5.91 Å². The van der Waals surface area contributed by atoms with Crippen LogP contribution >= 0.6 is 0 Å². The molecule has 0 spiro atoms. The molecule has 1 amide bonds. The lowest BCUT2D eigenvalue weighted by Crippen LogP contribution is -2.42. The van der Waals surface area contributed by atoms with Gasteiger partial charge in [0.1, 0.15) is 11.6 Å². The number of benzene rings is 1. The molecule has 4 nitrogen and oxygen atoms in total. The Labute approximate surface area is 112 Å². The first-order valence-electron chi connectivity index (χ1n) is 6.29. The second-order valence-corrected chi connectivity index (χ2v) is 4.71. The zero-order valence-corrected chi connectivity index (χ0v) is 11.4. The molecule has 0 aliphatic heterocycles. The predicted octanol–water partition coefficient (Wildman–Crippen LogP) is 1.87. The number of rotatable bonds is 6. The quantitative estimate of drug-likeness (QED) is 0.829. The molecule has 0 aliphatic carbocycles. The van der Waals surface area contributed by atoms with Crippen molar-refractivity contribution in [1.82, 2.24) is 5.32 Å². The van der Waals surface area contributed by atoms with Crippen molar-refractivity contribution in [3.63, 3.8) is 0 Å². The molecule has 106 valence electrons. The van der Waals surface area contributed by atoms with Gasteiger partial charge in [0.25, 0.3) is 5.91 Å². The van der Waals surface area contributed by atoms with Crippen molar-refractivity contribution < 1.29 is 19.0 Å². The fourth-order valence-electron chi connectivity index (χ4n) is 1.70.